The topological polar surface area (TPSA) is 24.5 Å². The highest BCUT2D eigenvalue weighted by Crippen LogP contribution is 2.34. The Hall–Kier alpha value is -1.06. The lowest BCUT2D eigenvalue weighted by Gasteiger charge is -2.38. The van der Waals surface area contributed by atoms with Crippen LogP contribution in [0.1, 0.15) is 18.9 Å². The van der Waals surface area contributed by atoms with Crippen LogP contribution in [0.4, 0.5) is 0 Å². The molecule has 0 aromatic heterocycles. The van der Waals surface area contributed by atoms with Gasteiger partial charge in [-0.2, -0.15) is 0 Å². The number of rotatable bonds is 2. The van der Waals surface area contributed by atoms with Crippen LogP contribution in [-0.2, 0) is 5.54 Å². The highest BCUT2D eigenvalue weighted by Gasteiger charge is 2.34. The van der Waals surface area contributed by atoms with E-state index in [1.165, 1.54) is 12.0 Å². The standard InChI is InChI=1S/C14H22N2O/c1-14(11-15-9-6-10-16(14)2)12-7-4-5-8-13(12)17-3/h4-5,7-8,15H,6,9-11H2,1-3H3. The van der Waals surface area contributed by atoms with E-state index in [2.05, 4.69) is 36.3 Å². The first-order valence-corrected chi connectivity index (χ1v) is 6.24. The molecule has 0 saturated carbocycles. The van der Waals surface area contributed by atoms with E-state index in [0.717, 1.165) is 25.4 Å². The monoisotopic (exact) mass is 234 g/mol. The third kappa shape index (κ3) is 2.31. The summed E-state index contributed by atoms with van der Waals surface area (Å²) in [5.41, 5.74) is 1.27. The second-order valence-electron chi connectivity index (χ2n) is 4.93. The minimum Gasteiger partial charge on any atom is -0.496 e. The maximum atomic E-state index is 5.50. The Balaban J connectivity index is 2.40. The van der Waals surface area contributed by atoms with Gasteiger partial charge >= 0.3 is 0 Å². The van der Waals surface area contributed by atoms with E-state index >= 15 is 0 Å². The molecule has 1 aromatic rings. The molecule has 1 aromatic carbocycles. The first-order chi connectivity index (χ1) is 8.18. The van der Waals surface area contributed by atoms with E-state index in [1.54, 1.807) is 7.11 Å². The Labute approximate surface area is 104 Å². The van der Waals surface area contributed by atoms with Crippen molar-refractivity contribution in [3.8, 4) is 5.75 Å². The van der Waals surface area contributed by atoms with E-state index in [9.17, 15) is 0 Å². The first kappa shape index (κ1) is 12.4. The summed E-state index contributed by atoms with van der Waals surface area (Å²) in [6, 6.07) is 8.32. The number of hydrogen-bond donors (Lipinski definition) is 1. The molecular formula is C14H22N2O. The van der Waals surface area contributed by atoms with E-state index in [0.29, 0.717) is 0 Å². The molecule has 17 heavy (non-hydrogen) atoms. The summed E-state index contributed by atoms with van der Waals surface area (Å²) in [5.74, 6) is 0.977. The van der Waals surface area contributed by atoms with Crippen LogP contribution in [-0.4, -0.2) is 38.7 Å². The molecule has 3 nitrogen and oxygen atoms in total. The number of likely N-dealkylation sites (N-methyl/N-ethyl adjacent to an activating group) is 1. The summed E-state index contributed by atoms with van der Waals surface area (Å²) in [4.78, 5) is 2.42. The van der Waals surface area contributed by atoms with Crippen molar-refractivity contribution < 1.29 is 4.74 Å². The number of methoxy groups -OCH3 is 1. The summed E-state index contributed by atoms with van der Waals surface area (Å²) >= 11 is 0. The Bertz CT molecular complexity index is 380. The van der Waals surface area contributed by atoms with Gasteiger partial charge in [-0.05, 0) is 39.5 Å². The van der Waals surface area contributed by atoms with Crippen LogP contribution in [0.5, 0.6) is 5.75 Å². The lowest BCUT2D eigenvalue weighted by Crippen LogP contribution is -2.46. The Kier molecular flexibility index (Phi) is 3.69. The van der Waals surface area contributed by atoms with Crippen molar-refractivity contribution in [1.29, 1.82) is 0 Å². The Morgan fingerprint density at radius 3 is 2.88 bits per heavy atom. The van der Waals surface area contributed by atoms with Gasteiger partial charge in [-0.3, -0.25) is 4.90 Å². The SMILES string of the molecule is COc1ccccc1C1(C)CNCCCN1C. The fraction of sp³-hybridized carbons (Fsp3) is 0.571. The quantitative estimate of drug-likeness (QED) is 0.845. The third-order valence-electron chi connectivity index (χ3n) is 3.85. The summed E-state index contributed by atoms with van der Waals surface area (Å²) < 4.78 is 5.50. The van der Waals surface area contributed by atoms with Crippen molar-refractivity contribution >= 4 is 0 Å². The maximum Gasteiger partial charge on any atom is 0.123 e. The minimum absolute atomic E-state index is 0.00308. The second-order valence-corrected chi connectivity index (χ2v) is 4.93. The molecule has 1 fully saturated rings. The molecule has 0 spiro atoms. The second kappa shape index (κ2) is 5.07. The van der Waals surface area contributed by atoms with Gasteiger partial charge in [0.15, 0.2) is 0 Å². The lowest BCUT2D eigenvalue weighted by molar-refractivity contribution is 0.147. The molecule has 0 amide bonds. The molecule has 3 heteroatoms. The molecule has 1 N–H and O–H groups in total. The highest BCUT2D eigenvalue weighted by molar-refractivity contribution is 5.39. The summed E-state index contributed by atoms with van der Waals surface area (Å²) in [5, 5.41) is 3.52. The van der Waals surface area contributed by atoms with Crippen LogP contribution in [0.15, 0.2) is 24.3 Å². The van der Waals surface area contributed by atoms with Gasteiger partial charge in [0.2, 0.25) is 0 Å². The van der Waals surface area contributed by atoms with E-state index in [1.807, 2.05) is 12.1 Å². The summed E-state index contributed by atoms with van der Waals surface area (Å²) in [6.45, 7) is 5.45. The van der Waals surface area contributed by atoms with Gasteiger partial charge < -0.3 is 10.1 Å². The van der Waals surface area contributed by atoms with Crippen molar-refractivity contribution in [2.24, 2.45) is 0 Å². The van der Waals surface area contributed by atoms with Gasteiger partial charge in [-0.15, -0.1) is 0 Å². The molecular weight excluding hydrogens is 212 g/mol. The molecule has 1 aliphatic heterocycles. The first-order valence-electron chi connectivity index (χ1n) is 6.24. The molecule has 1 aliphatic rings. The van der Waals surface area contributed by atoms with Crippen LogP contribution in [0.25, 0.3) is 0 Å². The molecule has 0 radical (unpaired) electrons. The van der Waals surface area contributed by atoms with E-state index in [-0.39, 0.29) is 5.54 Å². The van der Waals surface area contributed by atoms with E-state index < -0.39 is 0 Å². The third-order valence-corrected chi connectivity index (χ3v) is 3.85. The van der Waals surface area contributed by atoms with Crippen LogP contribution in [0.3, 0.4) is 0 Å². The number of nitrogens with one attached hydrogen (secondary N) is 1. The normalized spacial score (nSPS) is 26.5. The number of para-hydroxylation sites is 1. The average molecular weight is 234 g/mol. The predicted octanol–water partition coefficient (Wildman–Crippen LogP) is 1.84. The molecule has 1 heterocycles. The minimum atomic E-state index is 0.00308. The van der Waals surface area contributed by atoms with Gasteiger partial charge in [0.05, 0.1) is 12.6 Å². The molecule has 0 bridgehead atoms. The Morgan fingerprint density at radius 1 is 1.35 bits per heavy atom. The average Bonchev–Trinajstić information content (AvgIpc) is 2.53. The smallest absolute Gasteiger partial charge is 0.123 e. The van der Waals surface area contributed by atoms with Crippen LogP contribution in [0, 0.1) is 0 Å². The predicted molar refractivity (Wildman–Crippen MR) is 70.5 cm³/mol. The van der Waals surface area contributed by atoms with Crippen LogP contribution < -0.4 is 10.1 Å². The van der Waals surface area contributed by atoms with Gasteiger partial charge in [-0.25, -0.2) is 0 Å². The van der Waals surface area contributed by atoms with Crippen molar-refractivity contribution in [2.45, 2.75) is 18.9 Å². The molecule has 1 unspecified atom stereocenters. The fourth-order valence-corrected chi connectivity index (χ4v) is 2.55. The van der Waals surface area contributed by atoms with E-state index in [4.69, 9.17) is 4.74 Å². The summed E-state index contributed by atoms with van der Waals surface area (Å²) in [7, 11) is 3.94. The maximum absolute atomic E-state index is 5.50. The zero-order chi connectivity index (χ0) is 12.3. The summed E-state index contributed by atoms with van der Waals surface area (Å²) in [6.07, 6.45) is 1.20. The van der Waals surface area contributed by atoms with Crippen LogP contribution in [0.2, 0.25) is 0 Å². The zero-order valence-corrected chi connectivity index (χ0v) is 11.0. The number of hydrogen-bond acceptors (Lipinski definition) is 3. The molecule has 2 rings (SSSR count). The molecule has 94 valence electrons. The Morgan fingerprint density at radius 2 is 2.12 bits per heavy atom. The van der Waals surface area contributed by atoms with Gasteiger partial charge in [0.1, 0.15) is 5.75 Å². The van der Waals surface area contributed by atoms with Crippen molar-refractivity contribution in [1.82, 2.24) is 10.2 Å². The zero-order valence-electron chi connectivity index (χ0n) is 11.0. The van der Waals surface area contributed by atoms with Gasteiger partial charge in [-0.1, -0.05) is 18.2 Å². The number of ether oxygens (including phenoxy) is 1. The number of nitrogens with zero attached hydrogens (tertiary/aromatic N) is 1. The van der Waals surface area contributed by atoms with Crippen molar-refractivity contribution in [2.75, 3.05) is 33.8 Å². The molecule has 0 aliphatic carbocycles. The van der Waals surface area contributed by atoms with Gasteiger partial charge in [0, 0.05) is 12.1 Å². The van der Waals surface area contributed by atoms with Crippen molar-refractivity contribution in [3.63, 3.8) is 0 Å². The molecule has 1 saturated heterocycles. The van der Waals surface area contributed by atoms with Gasteiger partial charge in [0.25, 0.3) is 0 Å². The largest absolute Gasteiger partial charge is 0.496 e. The number of benzene rings is 1. The lowest BCUT2D eigenvalue weighted by atomic mass is 9.89. The highest BCUT2D eigenvalue weighted by atomic mass is 16.5. The fourth-order valence-electron chi connectivity index (χ4n) is 2.55. The van der Waals surface area contributed by atoms with Crippen molar-refractivity contribution in [3.05, 3.63) is 29.8 Å². The van der Waals surface area contributed by atoms with Crippen LogP contribution >= 0.6 is 0 Å². The molecule has 1 atom stereocenters.